The third-order valence-electron chi connectivity index (χ3n) is 4.68. The molecule has 0 fully saturated rings. The van der Waals surface area contributed by atoms with Crippen molar-refractivity contribution in [3.05, 3.63) is 65.2 Å². The Kier molecular flexibility index (Phi) is 7.73. The zero-order chi connectivity index (χ0) is 21.6. The summed E-state index contributed by atoms with van der Waals surface area (Å²) < 4.78 is 23.0. The highest BCUT2D eigenvalue weighted by Crippen LogP contribution is 2.17. The van der Waals surface area contributed by atoms with E-state index in [2.05, 4.69) is 19.2 Å². The monoisotopic (exact) mass is 415 g/mol. The van der Waals surface area contributed by atoms with E-state index in [1.165, 1.54) is 17.7 Å². The number of amides is 1. The van der Waals surface area contributed by atoms with Crippen molar-refractivity contribution in [3.8, 4) is 0 Å². The van der Waals surface area contributed by atoms with Crippen LogP contribution in [0.3, 0.4) is 0 Å². The molecule has 6 heteroatoms. The van der Waals surface area contributed by atoms with E-state index < -0.39 is 9.84 Å². The SMILES string of the molecule is CC(C)Cc1ccc(C(=O)CCC(=O)NC(C)c2ccc(S(C)(=O)=O)cc2)cc1. The third kappa shape index (κ3) is 7.13. The van der Waals surface area contributed by atoms with Crippen LogP contribution in [0.1, 0.15) is 61.1 Å². The van der Waals surface area contributed by atoms with E-state index in [1.807, 2.05) is 31.2 Å². The molecule has 0 aromatic heterocycles. The Labute approximate surface area is 173 Å². The van der Waals surface area contributed by atoms with Gasteiger partial charge in [0.05, 0.1) is 10.9 Å². The minimum Gasteiger partial charge on any atom is -0.350 e. The number of hydrogen-bond acceptors (Lipinski definition) is 4. The van der Waals surface area contributed by atoms with E-state index in [1.54, 1.807) is 12.1 Å². The van der Waals surface area contributed by atoms with E-state index >= 15 is 0 Å². The normalized spacial score (nSPS) is 12.6. The molecule has 2 rings (SSSR count). The first-order valence-electron chi connectivity index (χ1n) is 9.77. The van der Waals surface area contributed by atoms with Crippen molar-refractivity contribution < 1.29 is 18.0 Å². The van der Waals surface area contributed by atoms with Gasteiger partial charge in [0.15, 0.2) is 15.6 Å². The first kappa shape index (κ1) is 22.8. The zero-order valence-corrected chi connectivity index (χ0v) is 18.3. The van der Waals surface area contributed by atoms with Crippen LogP contribution < -0.4 is 5.32 Å². The summed E-state index contributed by atoms with van der Waals surface area (Å²) in [4.78, 5) is 24.8. The summed E-state index contributed by atoms with van der Waals surface area (Å²) in [5.41, 5.74) is 2.62. The molecule has 0 aliphatic rings. The molecule has 0 saturated carbocycles. The molecule has 2 aromatic carbocycles. The van der Waals surface area contributed by atoms with Crippen molar-refractivity contribution in [2.75, 3.05) is 6.26 Å². The molecule has 1 amide bonds. The smallest absolute Gasteiger partial charge is 0.220 e. The molecule has 0 aliphatic carbocycles. The van der Waals surface area contributed by atoms with Gasteiger partial charge in [0.1, 0.15) is 0 Å². The molecule has 1 atom stereocenters. The first-order chi connectivity index (χ1) is 13.6. The summed E-state index contributed by atoms with van der Waals surface area (Å²) >= 11 is 0. The summed E-state index contributed by atoms with van der Waals surface area (Å²) in [5, 5.41) is 2.85. The maximum Gasteiger partial charge on any atom is 0.220 e. The van der Waals surface area contributed by atoms with Crippen molar-refractivity contribution in [2.45, 2.75) is 51.0 Å². The fourth-order valence-electron chi connectivity index (χ4n) is 3.07. The van der Waals surface area contributed by atoms with Gasteiger partial charge in [-0.15, -0.1) is 0 Å². The molecular weight excluding hydrogens is 386 g/mol. The Morgan fingerprint density at radius 3 is 2.00 bits per heavy atom. The van der Waals surface area contributed by atoms with Crippen LogP contribution in [0.4, 0.5) is 0 Å². The lowest BCUT2D eigenvalue weighted by Gasteiger charge is -2.14. The zero-order valence-electron chi connectivity index (χ0n) is 17.4. The Bertz CT molecular complexity index is 945. The lowest BCUT2D eigenvalue weighted by atomic mass is 9.99. The minimum absolute atomic E-state index is 0.0543. The topological polar surface area (TPSA) is 80.3 Å². The van der Waals surface area contributed by atoms with E-state index in [-0.39, 0.29) is 35.5 Å². The summed E-state index contributed by atoms with van der Waals surface area (Å²) in [6.45, 7) is 6.13. The average molecular weight is 416 g/mol. The van der Waals surface area contributed by atoms with Crippen molar-refractivity contribution in [1.29, 1.82) is 0 Å². The Hall–Kier alpha value is -2.47. The van der Waals surface area contributed by atoms with Gasteiger partial charge in [-0.1, -0.05) is 50.2 Å². The number of sulfone groups is 1. The first-order valence-corrected chi connectivity index (χ1v) is 11.7. The van der Waals surface area contributed by atoms with Gasteiger partial charge in [-0.25, -0.2) is 8.42 Å². The van der Waals surface area contributed by atoms with Gasteiger partial charge in [0.2, 0.25) is 5.91 Å². The Morgan fingerprint density at radius 1 is 0.897 bits per heavy atom. The van der Waals surface area contributed by atoms with Crippen molar-refractivity contribution in [1.82, 2.24) is 5.32 Å². The van der Waals surface area contributed by atoms with E-state index in [0.717, 1.165) is 18.2 Å². The number of carbonyl (C=O) groups is 2. The summed E-state index contributed by atoms with van der Waals surface area (Å²) in [7, 11) is -3.25. The van der Waals surface area contributed by atoms with Crippen molar-refractivity contribution in [3.63, 3.8) is 0 Å². The van der Waals surface area contributed by atoms with Gasteiger partial charge in [-0.2, -0.15) is 0 Å². The second-order valence-corrected chi connectivity index (χ2v) is 9.86. The van der Waals surface area contributed by atoms with E-state index in [0.29, 0.717) is 11.5 Å². The number of benzene rings is 2. The quantitative estimate of drug-likeness (QED) is 0.625. The third-order valence-corrected chi connectivity index (χ3v) is 5.81. The summed E-state index contributed by atoms with van der Waals surface area (Å²) in [6, 6.07) is 13.7. The lowest BCUT2D eigenvalue weighted by molar-refractivity contribution is -0.121. The number of Topliss-reactive ketones (excluding diaryl/α,β-unsaturated/α-hetero) is 1. The molecule has 1 N–H and O–H groups in total. The summed E-state index contributed by atoms with van der Waals surface area (Å²) in [6.07, 6.45) is 2.38. The number of nitrogens with one attached hydrogen (secondary N) is 1. The molecule has 156 valence electrons. The maximum atomic E-state index is 12.3. The highest BCUT2D eigenvalue weighted by molar-refractivity contribution is 7.90. The molecule has 0 aliphatic heterocycles. The fourth-order valence-corrected chi connectivity index (χ4v) is 3.70. The van der Waals surface area contributed by atoms with Gasteiger partial charge in [0, 0.05) is 24.7 Å². The van der Waals surface area contributed by atoms with E-state index in [9.17, 15) is 18.0 Å². The fraction of sp³-hybridized carbons (Fsp3) is 0.391. The Balaban J connectivity index is 1.86. The molecule has 2 aromatic rings. The lowest BCUT2D eigenvalue weighted by Crippen LogP contribution is -2.27. The molecule has 0 spiro atoms. The second-order valence-electron chi connectivity index (χ2n) is 7.85. The second kappa shape index (κ2) is 9.83. The van der Waals surface area contributed by atoms with Crippen LogP contribution in [0, 0.1) is 5.92 Å². The number of carbonyl (C=O) groups excluding carboxylic acids is 2. The molecular formula is C23H29NO4S. The van der Waals surface area contributed by atoms with Crippen molar-refractivity contribution >= 4 is 21.5 Å². The predicted octanol–water partition coefficient (Wildman–Crippen LogP) is 4.13. The highest BCUT2D eigenvalue weighted by Gasteiger charge is 2.14. The molecule has 1 unspecified atom stereocenters. The Morgan fingerprint density at radius 2 is 1.48 bits per heavy atom. The van der Waals surface area contributed by atoms with E-state index in [4.69, 9.17) is 0 Å². The van der Waals surface area contributed by atoms with Crippen molar-refractivity contribution in [2.24, 2.45) is 5.92 Å². The van der Waals surface area contributed by atoms with Crippen LogP contribution in [-0.2, 0) is 21.1 Å². The van der Waals surface area contributed by atoms with Gasteiger partial charge in [-0.05, 0) is 42.5 Å². The molecule has 0 saturated heterocycles. The van der Waals surface area contributed by atoms with Gasteiger partial charge in [0.25, 0.3) is 0 Å². The molecule has 0 radical (unpaired) electrons. The van der Waals surface area contributed by atoms with Gasteiger partial charge >= 0.3 is 0 Å². The minimum atomic E-state index is -3.25. The van der Waals surface area contributed by atoms with Crippen LogP contribution in [0.25, 0.3) is 0 Å². The predicted molar refractivity (Wildman–Crippen MR) is 115 cm³/mol. The van der Waals surface area contributed by atoms with Crippen LogP contribution in [0.5, 0.6) is 0 Å². The summed E-state index contributed by atoms with van der Waals surface area (Å²) in [5.74, 6) is 0.292. The molecule has 0 heterocycles. The van der Waals surface area contributed by atoms with Crippen LogP contribution in [0.15, 0.2) is 53.4 Å². The molecule has 5 nitrogen and oxygen atoms in total. The largest absolute Gasteiger partial charge is 0.350 e. The standard InChI is InChI=1S/C23H29NO4S/c1-16(2)15-18-5-7-20(8-6-18)22(25)13-14-23(26)24-17(3)19-9-11-21(12-10-19)29(4,27)28/h5-12,16-17H,13-15H2,1-4H3,(H,24,26). The van der Waals surface area contributed by atoms with Gasteiger partial charge in [-0.3, -0.25) is 9.59 Å². The maximum absolute atomic E-state index is 12.3. The van der Waals surface area contributed by atoms with Crippen LogP contribution in [-0.4, -0.2) is 26.4 Å². The molecule has 29 heavy (non-hydrogen) atoms. The number of rotatable bonds is 9. The van der Waals surface area contributed by atoms with Gasteiger partial charge < -0.3 is 5.32 Å². The van der Waals surface area contributed by atoms with Crippen LogP contribution in [0.2, 0.25) is 0 Å². The highest BCUT2D eigenvalue weighted by atomic mass is 32.2. The molecule has 0 bridgehead atoms. The van der Waals surface area contributed by atoms with Crippen LogP contribution >= 0.6 is 0 Å². The number of ketones is 1. The number of hydrogen-bond donors (Lipinski definition) is 1. The average Bonchev–Trinajstić information content (AvgIpc) is 2.65.